The fourth-order valence-electron chi connectivity index (χ4n) is 4.31. The number of aromatic nitrogens is 4. The van der Waals surface area contributed by atoms with Crippen molar-refractivity contribution >= 4 is 11.8 Å². The van der Waals surface area contributed by atoms with Crippen molar-refractivity contribution in [1.82, 2.24) is 29.5 Å². The minimum absolute atomic E-state index is 0.0164. The highest BCUT2D eigenvalue weighted by molar-refractivity contribution is 5.97. The van der Waals surface area contributed by atoms with E-state index in [9.17, 15) is 9.59 Å². The third-order valence-electron chi connectivity index (χ3n) is 6.15. The topological polar surface area (TPSA) is 85.1 Å². The molecular weight excluding hydrogens is 428 g/mol. The first-order chi connectivity index (χ1) is 16.7. The number of carbonyl (C=O) groups is 2. The van der Waals surface area contributed by atoms with Gasteiger partial charge in [-0.15, -0.1) is 0 Å². The molecule has 0 saturated carbocycles. The third kappa shape index (κ3) is 4.47. The lowest BCUT2D eigenvalue weighted by Gasteiger charge is -2.31. The first-order valence-electron chi connectivity index (χ1n) is 11.4. The van der Waals surface area contributed by atoms with E-state index in [1.54, 1.807) is 17.1 Å². The SMILES string of the molecule is O=C(NCc1ccccn1)C1CCN(C(=O)c2cnn(-c3ccccc3)c2-n2cccc2)CC1. The fourth-order valence-corrected chi connectivity index (χ4v) is 4.31. The van der Waals surface area contributed by atoms with Gasteiger partial charge in [-0.05, 0) is 49.2 Å². The minimum atomic E-state index is -0.108. The summed E-state index contributed by atoms with van der Waals surface area (Å²) in [5.74, 6) is 0.543. The van der Waals surface area contributed by atoms with Gasteiger partial charge in [0.2, 0.25) is 5.91 Å². The van der Waals surface area contributed by atoms with Crippen molar-refractivity contribution in [3.8, 4) is 11.5 Å². The highest BCUT2D eigenvalue weighted by atomic mass is 16.2. The van der Waals surface area contributed by atoms with Crippen LogP contribution in [0.2, 0.25) is 0 Å². The number of carbonyl (C=O) groups excluding carboxylic acids is 2. The summed E-state index contributed by atoms with van der Waals surface area (Å²) in [5.41, 5.74) is 2.25. The number of amides is 2. The Morgan fingerprint density at radius 1 is 0.941 bits per heavy atom. The zero-order valence-corrected chi connectivity index (χ0v) is 18.7. The van der Waals surface area contributed by atoms with Crippen LogP contribution >= 0.6 is 0 Å². The van der Waals surface area contributed by atoms with E-state index in [0.29, 0.717) is 43.9 Å². The third-order valence-corrected chi connectivity index (χ3v) is 6.15. The number of piperidine rings is 1. The molecule has 0 bridgehead atoms. The number of hydrogen-bond donors (Lipinski definition) is 1. The molecule has 8 heteroatoms. The monoisotopic (exact) mass is 454 g/mol. The molecule has 5 rings (SSSR count). The van der Waals surface area contributed by atoms with Crippen LogP contribution in [-0.2, 0) is 11.3 Å². The van der Waals surface area contributed by atoms with Gasteiger partial charge in [-0.3, -0.25) is 14.6 Å². The summed E-state index contributed by atoms with van der Waals surface area (Å²) in [6.45, 7) is 1.47. The maximum absolute atomic E-state index is 13.5. The van der Waals surface area contributed by atoms with Crippen molar-refractivity contribution in [3.05, 3.63) is 96.7 Å². The molecule has 1 aromatic carbocycles. The van der Waals surface area contributed by atoms with Crippen LogP contribution in [0.5, 0.6) is 0 Å². The lowest BCUT2D eigenvalue weighted by Crippen LogP contribution is -2.43. The van der Waals surface area contributed by atoms with Gasteiger partial charge in [0, 0.05) is 37.6 Å². The summed E-state index contributed by atoms with van der Waals surface area (Å²) in [6, 6.07) is 19.3. The highest BCUT2D eigenvalue weighted by Crippen LogP contribution is 2.24. The molecule has 1 N–H and O–H groups in total. The minimum Gasteiger partial charge on any atom is -0.350 e. The number of likely N-dealkylation sites (tertiary alicyclic amines) is 1. The summed E-state index contributed by atoms with van der Waals surface area (Å²) in [7, 11) is 0. The first-order valence-corrected chi connectivity index (χ1v) is 11.4. The Bertz CT molecular complexity index is 1240. The lowest BCUT2D eigenvalue weighted by atomic mass is 9.95. The van der Waals surface area contributed by atoms with E-state index in [-0.39, 0.29) is 17.7 Å². The molecule has 8 nitrogen and oxygen atoms in total. The van der Waals surface area contributed by atoms with Gasteiger partial charge in [0.25, 0.3) is 5.91 Å². The summed E-state index contributed by atoms with van der Waals surface area (Å²) < 4.78 is 3.69. The molecule has 4 aromatic rings. The van der Waals surface area contributed by atoms with Crippen LogP contribution in [0.4, 0.5) is 0 Å². The van der Waals surface area contributed by atoms with Crippen LogP contribution in [0.1, 0.15) is 28.9 Å². The van der Waals surface area contributed by atoms with Crippen LogP contribution in [0, 0.1) is 5.92 Å². The van der Waals surface area contributed by atoms with Gasteiger partial charge < -0.3 is 14.8 Å². The quantitative estimate of drug-likeness (QED) is 0.485. The second-order valence-corrected chi connectivity index (χ2v) is 8.32. The normalized spacial score (nSPS) is 14.2. The molecule has 0 radical (unpaired) electrons. The Morgan fingerprint density at radius 3 is 2.38 bits per heavy atom. The van der Waals surface area contributed by atoms with Crippen LogP contribution in [0.3, 0.4) is 0 Å². The van der Waals surface area contributed by atoms with Crippen LogP contribution in [-0.4, -0.2) is 49.1 Å². The molecule has 0 aliphatic carbocycles. The van der Waals surface area contributed by atoms with E-state index < -0.39 is 0 Å². The van der Waals surface area contributed by atoms with Gasteiger partial charge >= 0.3 is 0 Å². The Morgan fingerprint density at radius 2 is 1.68 bits per heavy atom. The van der Waals surface area contributed by atoms with Crippen molar-refractivity contribution in [2.75, 3.05) is 13.1 Å². The molecule has 1 saturated heterocycles. The molecule has 1 fully saturated rings. The molecular formula is C26H26N6O2. The van der Waals surface area contributed by atoms with Gasteiger partial charge in [-0.1, -0.05) is 24.3 Å². The Kier molecular flexibility index (Phi) is 6.20. The van der Waals surface area contributed by atoms with Crippen molar-refractivity contribution in [2.24, 2.45) is 5.92 Å². The largest absolute Gasteiger partial charge is 0.350 e. The molecule has 2 amide bonds. The smallest absolute Gasteiger partial charge is 0.259 e. The Balaban J connectivity index is 1.28. The van der Waals surface area contributed by atoms with E-state index in [1.807, 2.05) is 82.5 Å². The van der Waals surface area contributed by atoms with Crippen molar-refractivity contribution in [1.29, 1.82) is 0 Å². The molecule has 34 heavy (non-hydrogen) atoms. The number of nitrogens with zero attached hydrogens (tertiary/aromatic N) is 5. The maximum atomic E-state index is 13.5. The molecule has 3 aromatic heterocycles. The molecule has 0 atom stereocenters. The number of nitrogens with one attached hydrogen (secondary N) is 1. The molecule has 0 spiro atoms. The van der Waals surface area contributed by atoms with Gasteiger partial charge in [0.1, 0.15) is 5.56 Å². The highest BCUT2D eigenvalue weighted by Gasteiger charge is 2.30. The van der Waals surface area contributed by atoms with Crippen molar-refractivity contribution < 1.29 is 9.59 Å². The van der Waals surface area contributed by atoms with E-state index in [2.05, 4.69) is 15.4 Å². The van der Waals surface area contributed by atoms with Gasteiger partial charge in [-0.2, -0.15) is 5.10 Å². The van der Waals surface area contributed by atoms with Crippen LogP contribution in [0.15, 0.2) is 85.5 Å². The second kappa shape index (κ2) is 9.74. The molecule has 172 valence electrons. The number of rotatable bonds is 6. The number of hydrogen-bond acceptors (Lipinski definition) is 4. The van der Waals surface area contributed by atoms with Gasteiger partial charge in [0.15, 0.2) is 5.82 Å². The standard InChI is InChI=1S/C26H26N6O2/c33-24(28-18-21-8-4-5-13-27-21)20-11-16-31(17-12-20)26(34)23-19-29-32(22-9-2-1-3-10-22)25(23)30-14-6-7-15-30/h1-10,13-15,19-20H,11-12,16-18H2,(H,28,33). The second-order valence-electron chi connectivity index (χ2n) is 8.32. The van der Waals surface area contributed by atoms with Gasteiger partial charge in [0.05, 0.1) is 24.1 Å². The average Bonchev–Trinajstić information content (AvgIpc) is 3.58. The first kappa shape index (κ1) is 21.6. The van der Waals surface area contributed by atoms with E-state index in [4.69, 9.17) is 0 Å². The Hall–Kier alpha value is -4.20. The summed E-state index contributed by atoms with van der Waals surface area (Å²) in [4.78, 5) is 32.2. The van der Waals surface area contributed by atoms with E-state index in [0.717, 1.165) is 11.4 Å². The summed E-state index contributed by atoms with van der Waals surface area (Å²) >= 11 is 0. The number of pyridine rings is 1. The predicted molar refractivity (Wildman–Crippen MR) is 128 cm³/mol. The maximum Gasteiger partial charge on any atom is 0.259 e. The van der Waals surface area contributed by atoms with E-state index >= 15 is 0 Å². The van der Waals surface area contributed by atoms with Gasteiger partial charge in [-0.25, -0.2) is 4.68 Å². The summed E-state index contributed by atoms with van der Waals surface area (Å²) in [6.07, 6.45) is 8.43. The van der Waals surface area contributed by atoms with E-state index in [1.165, 1.54) is 0 Å². The molecule has 1 aliphatic rings. The average molecular weight is 455 g/mol. The Labute approximate surface area is 197 Å². The predicted octanol–water partition coefficient (Wildman–Crippen LogP) is 3.23. The zero-order chi connectivity index (χ0) is 23.3. The summed E-state index contributed by atoms with van der Waals surface area (Å²) in [5, 5.41) is 7.50. The molecule has 0 unspecified atom stereocenters. The van der Waals surface area contributed by atoms with Crippen molar-refractivity contribution in [3.63, 3.8) is 0 Å². The van der Waals surface area contributed by atoms with Crippen LogP contribution < -0.4 is 5.32 Å². The molecule has 4 heterocycles. The zero-order valence-electron chi connectivity index (χ0n) is 18.7. The van der Waals surface area contributed by atoms with Crippen molar-refractivity contribution in [2.45, 2.75) is 19.4 Å². The molecule has 1 aliphatic heterocycles. The van der Waals surface area contributed by atoms with Crippen LogP contribution in [0.25, 0.3) is 11.5 Å². The number of benzene rings is 1. The lowest BCUT2D eigenvalue weighted by molar-refractivity contribution is -0.126. The number of para-hydroxylation sites is 1. The fraction of sp³-hybridized carbons (Fsp3) is 0.231.